The van der Waals surface area contributed by atoms with E-state index in [1.54, 1.807) is 31.2 Å². The maximum Gasteiger partial charge on any atom is 0.234 e. The molecule has 0 atom stereocenters. The van der Waals surface area contributed by atoms with Gasteiger partial charge in [0, 0.05) is 35.8 Å². The number of amides is 2. The standard InChI is InChI=1S/C24H25ClFN5O2S/c1-4-11-31-21(9-10-22(32)27-18-8-6-15(2)19(25)13-18)29-30-24(31)34-14-23(33)28-20-12-17(26)7-5-16(20)3/h4-8,12-13H,1,9-11,14H2,2-3H3,(H,27,32)(H,28,33). The van der Waals surface area contributed by atoms with Gasteiger partial charge in [0.2, 0.25) is 11.8 Å². The highest BCUT2D eigenvalue weighted by Crippen LogP contribution is 2.22. The van der Waals surface area contributed by atoms with Crippen molar-refractivity contribution in [2.24, 2.45) is 0 Å². The van der Waals surface area contributed by atoms with Crippen molar-refractivity contribution in [2.45, 2.75) is 38.4 Å². The molecule has 3 aromatic rings. The monoisotopic (exact) mass is 501 g/mol. The second-order valence-electron chi connectivity index (χ2n) is 7.61. The lowest BCUT2D eigenvalue weighted by atomic mass is 10.2. The normalized spacial score (nSPS) is 10.7. The minimum atomic E-state index is -0.418. The summed E-state index contributed by atoms with van der Waals surface area (Å²) in [4.78, 5) is 24.7. The van der Waals surface area contributed by atoms with Crippen LogP contribution in [-0.4, -0.2) is 32.3 Å². The highest BCUT2D eigenvalue weighted by molar-refractivity contribution is 7.99. The molecule has 3 rings (SSSR count). The predicted octanol–water partition coefficient (Wildman–Crippen LogP) is 5.18. The van der Waals surface area contributed by atoms with Gasteiger partial charge in [-0.1, -0.05) is 41.6 Å². The quantitative estimate of drug-likeness (QED) is 0.295. The Morgan fingerprint density at radius 3 is 2.62 bits per heavy atom. The number of anilines is 2. The molecule has 10 heteroatoms. The van der Waals surface area contributed by atoms with E-state index < -0.39 is 5.82 Å². The number of benzene rings is 2. The summed E-state index contributed by atoms with van der Waals surface area (Å²) in [7, 11) is 0. The van der Waals surface area contributed by atoms with Gasteiger partial charge in [-0.25, -0.2) is 4.39 Å². The van der Waals surface area contributed by atoms with Crippen LogP contribution in [0.1, 0.15) is 23.4 Å². The van der Waals surface area contributed by atoms with Crippen LogP contribution in [0.4, 0.5) is 15.8 Å². The molecule has 0 spiro atoms. The summed E-state index contributed by atoms with van der Waals surface area (Å²) in [6.07, 6.45) is 2.26. The van der Waals surface area contributed by atoms with Crippen LogP contribution in [0.25, 0.3) is 0 Å². The van der Waals surface area contributed by atoms with Gasteiger partial charge in [-0.15, -0.1) is 16.8 Å². The van der Waals surface area contributed by atoms with E-state index in [9.17, 15) is 14.0 Å². The molecule has 0 fully saturated rings. The van der Waals surface area contributed by atoms with Gasteiger partial charge in [0.05, 0.1) is 5.75 Å². The summed E-state index contributed by atoms with van der Waals surface area (Å²) < 4.78 is 15.3. The molecule has 0 aliphatic carbocycles. The van der Waals surface area contributed by atoms with Gasteiger partial charge in [0.15, 0.2) is 5.16 Å². The number of aryl methyl sites for hydroxylation is 3. The topological polar surface area (TPSA) is 88.9 Å². The summed E-state index contributed by atoms with van der Waals surface area (Å²) >= 11 is 7.32. The van der Waals surface area contributed by atoms with Gasteiger partial charge in [-0.3, -0.25) is 9.59 Å². The van der Waals surface area contributed by atoms with Crippen LogP contribution in [0.15, 0.2) is 54.2 Å². The van der Waals surface area contributed by atoms with E-state index in [0.717, 1.165) is 11.1 Å². The maximum atomic E-state index is 13.5. The van der Waals surface area contributed by atoms with Crippen molar-refractivity contribution in [3.05, 3.63) is 76.8 Å². The Bertz CT molecular complexity index is 1210. The average Bonchev–Trinajstić information content (AvgIpc) is 3.18. The molecule has 2 N–H and O–H groups in total. The first-order valence-corrected chi connectivity index (χ1v) is 11.9. The van der Waals surface area contributed by atoms with Crippen LogP contribution in [0.3, 0.4) is 0 Å². The number of thioether (sulfide) groups is 1. The summed E-state index contributed by atoms with van der Waals surface area (Å²) in [5.74, 6) is -0.198. The minimum Gasteiger partial charge on any atom is -0.326 e. The van der Waals surface area contributed by atoms with Crippen molar-refractivity contribution in [1.82, 2.24) is 14.8 Å². The van der Waals surface area contributed by atoms with Gasteiger partial charge >= 0.3 is 0 Å². The molecule has 7 nitrogen and oxygen atoms in total. The number of allylic oxidation sites excluding steroid dienone is 1. The van der Waals surface area contributed by atoms with Crippen molar-refractivity contribution >= 4 is 46.6 Å². The molecule has 1 heterocycles. The lowest BCUT2D eigenvalue weighted by molar-refractivity contribution is -0.116. The van der Waals surface area contributed by atoms with E-state index in [-0.39, 0.29) is 24.0 Å². The van der Waals surface area contributed by atoms with Crippen molar-refractivity contribution in [3.8, 4) is 0 Å². The molecule has 0 aliphatic rings. The van der Waals surface area contributed by atoms with Crippen LogP contribution in [0.5, 0.6) is 0 Å². The molecular formula is C24H25ClFN5O2S. The third kappa shape index (κ3) is 6.91. The van der Waals surface area contributed by atoms with Crippen LogP contribution in [0.2, 0.25) is 5.02 Å². The lowest BCUT2D eigenvalue weighted by Gasteiger charge is -2.10. The van der Waals surface area contributed by atoms with Crippen molar-refractivity contribution in [3.63, 3.8) is 0 Å². The molecule has 2 amide bonds. The zero-order valence-corrected chi connectivity index (χ0v) is 20.5. The van der Waals surface area contributed by atoms with Crippen LogP contribution in [-0.2, 0) is 22.6 Å². The number of aromatic nitrogens is 3. The zero-order chi connectivity index (χ0) is 24.7. The Balaban J connectivity index is 1.58. The van der Waals surface area contributed by atoms with Crippen LogP contribution in [0, 0.1) is 19.7 Å². The van der Waals surface area contributed by atoms with E-state index in [1.807, 2.05) is 17.6 Å². The van der Waals surface area contributed by atoms with Gasteiger partial charge in [-0.2, -0.15) is 0 Å². The van der Waals surface area contributed by atoms with E-state index >= 15 is 0 Å². The second kappa shape index (κ2) is 11.8. The predicted molar refractivity (Wildman–Crippen MR) is 134 cm³/mol. The summed E-state index contributed by atoms with van der Waals surface area (Å²) in [6.45, 7) is 7.88. The fourth-order valence-electron chi connectivity index (χ4n) is 3.09. The Labute approximate surface area is 206 Å². The van der Waals surface area contributed by atoms with Crippen molar-refractivity contribution in [2.75, 3.05) is 16.4 Å². The van der Waals surface area contributed by atoms with Gasteiger partial charge in [-0.05, 0) is 49.2 Å². The fraction of sp³-hybridized carbons (Fsp3) is 0.250. The van der Waals surface area contributed by atoms with E-state index in [2.05, 4.69) is 27.4 Å². The van der Waals surface area contributed by atoms with Gasteiger partial charge < -0.3 is 15.2 Å². The van der Waals surface area contributed by atoms with E-state index in [0.29, 0.717) is 40.3 Å². The number of hydrogen-bond donors (Lipinski definition) is 2. The average molecular weight is 502 g/mol. The van der Waals surface area contributed by atoms with Crippen molar-refractivity contribution < 1.29 is 14.0 Å². The number of nitrogens with one attached hydrogen (secondary N) is 2. The summed E-state index contributed by atoms with van der Waals surface area (Å²) in [5, 5.41) is 15.0. The molecule has 0 unspecified atom stereocenters. The zero-order valence-electron chi connectivity index (χ0n) is 18.9. The fourth-order valence-corrected chi connectivity index (χ4v) is 4.04. The number of halogens is 2. The highest BCUT2D eigenvalue weighted by Gasteiger charge is 2.15. The largest absolute Gasteiger partial charge is 0.326 e. The number of hydrogen-bond acceptors (Lipinski definition) is 5. The molecular weight excluding hydrogens is 477 g/mol. The Hall–Kier alpha value is -3.17. The molecule has 2 aromatic carbocycles. The lowest BCUT2D eigenvalue weighted by Crippen LogP contribution is -2.16. The summed E-state index contributed by atoms with van der Waals surface area (Å²) in [5.41, 5.74) is 2.76. The van der Waals surface area contributed by atoms with Gasteiger partial charge in [0.25, 0.3) is 0 Å². The number of rotatable bonds is 10. The Morgan fingerprint density at radius 1 is 1.12 bits per heavy atom. The third-order valence-electron chi connectivity index (χ3n) is 4.94. The first kappa shape index (κ1) is 25.5. The highest BCUT2D eigenvalue weighted by atomic mass is 35.5. The van der Waals surface area contributed by atoms with Crippen LogP contribution < -0.4 is 10.6 Å². The third-order valence-corrected chi connectivity index (χ3v) is 6.32. The van der Waals surface area contributed by atoms with Crippen LogP contribution >= 0.6 is 23.4 Å². The number of carbonyl (C=O) groups excluding carboxylic acids is 2. The molecule has 0 saturated carbocycles. The SMILES string of the molecule is C=CCn1c(CCC(=O)Nc2ccc(C)c(Cl)c2)nnc1SCC(=O)Nc1cc(F)ccc1C. The molecule has 1 aromatic heterocycles. The first-order valence-electron chi connectivity index (χ1n) is 10.5. The van der Waals surface area contributed by atoms with E-state index in [4.69, 9.17) is 11.6 Å². The second-order valence-corrected chi connectivity index (χ2v) is 8.96. The smallest absolute Gasteiger partial charge is 0.234 e. The Morgan fingerprint density at radius 2 is 1.88 bits per heavy atom. The molecule has 0 radical (unpaired) electrons. The molecule has 0 saturated heterocycles. The molecule has 178 valence electrons. The number of carbonyl (C=O) groups is 2. The molecule has 0 bridgehead atoms. The number of nitrogens with zero attached hydrogens (tertiary/aromatic N) is 3. The van der Waals surface area contributed by atoms with Crippen molar-refractivity contribution in [1.29, 1.82) is 0 Å². The van der Waals surface area contributed by atoms with E-state index in [1.165, 1.54) is 23.9 Å². The Kier molecular flexibility index (Phi) is 8.84. The maximum absolute atomic E-state index is 13.5. The van der Waals surface area contributed by atoms with Gasteiger partial charge in [0.1, 0.15) is 11.6 Å². The summed E-state index contributed by atoms with van der Waals surface area (Å²) in [6, 6.07) is 9.58. The first-order chi connectivity index (χ1) is 16.3. The molecule has 0 aliphatic heterocycles. The molecule has 34 heavy (non-hydrogen) atoms. The minimum absolute atomic E-state index is 0.0693.